The van der Waals surface area contributed by atoms with E-state index in [4.69, 9.17) is 17.0 Å². The van der Waals surface area contributed by atoms with Crippen molar-refractivity contribution in [2.24, 2.45) is 0 Å². The van der Waals surface area contributed by atoms with Crippen LogP contribution in [0.4, 0.5) is 0 Å². The predicted octanol–water partition coefficient (Wildman–Crippen LogP) is 2.74. The maximum absolute atomic E-state index is 5.65. The third kappa shape index (κ3) is 2.85. The zero-order valence-corrected chi connectivity index (χ0v) is 13.2. The Morgan fingerprint density at radius 3 is 3.15 bits per heavy atom. The first kappa shape index (κ1) is 13.9. The summed E-state index contributed by atoms with van der Waals surface area (Å²) in [4.78, 5) is 7.91. The SMILES string of the molecule is C[C@@H]1CO[C@@H](C)CN1Cn1[nH]c(-c2cccs2)nc1=S. The average Bonchev–Trinajstić information content (AvgIpc) is 3.04. The number of ether oxygens (including phenoxy) is 1. The van der Waals surface area contributed by atoms with Crippen molar-refractivity contribution in [2.75, 3.05) is 13.2 Å². The lowest BCUT2D eigenvalue weighted by Gasteiger charge is -2.36. The van der Waals surface area contributed by atoms with Crippen LogP contribution < -0.4 is 0 Å². The molecule has 1 aliphatic heterocycles. The third-order valence-electron chi connectivity index (χ3n) is 3.49. The molecule has 2 atom stereocenters. The van der Waals surface area contributed by atoms with E-state index in [9.17, 15) is 0 Å². The van der Waals surface area contributed by atoms with Gasteiger partial charge >= 0.3 is 0 Å². The minimum atomic E-state index is 0.264. The minimum Gasteiger partial charge on any atom is -0.376 e. The number of thiophene rings is 1. The van der Waals surface area contributed by atoms with E-state index in [1.54, 1.807) is 11.3 Å². The van der Waals surface area contributed by atoms with Gasteiger partial charge in [0.15, 0.2) is 5.82 Å². The topological polar surface area (TPSA) is 46.1 Å². The zero-order valence-electron chi connectivity index (χ0n) is 11.6. The molecule has 1 saturated heterocycles. The quantitative estimate of drug-likeness (QED) is 0.886. The molecule has 0 amide bonds. The van der Waals surface area contributed by atoms with Gasteiger partial charge in [0.1, 0.15) is 0 Å². The van der Waals surface area contributed by atoms with Crippen LogP contribution in [0.5, 0.6) is 0 Å². The van der Waals surface area contributed by atoms with Crippen molar-refractivity contribution in [3.63, 3.8) is 0 Å². The van der Waals surface area contributed by atoms with Gasteiger partial charge in [0, 0.05) is 12.6 Å². The summed E-state index contributed by atoms with van der Waals surface area (Å²) in [5.74, 6) is 0.846. The van der Waals surface area contributed by atoms with Crippen LogP contribution in [0.25, 0.3) is 10.7 Å². The Bertz CT molecular complexity index is 619. The van der Waals surface area contributed by atoms with E-state index in [0.29, 0.717) is 10.8 Å². The lowest BCUT2D eigenvalue weighted by molar-refractivity contribution is -0.0624. The van der Waals surface area contributed by atoms with Gasteiger partial charge in [-0.05, 0) is 37.5 Å². The molecule has 7 heteroatoms. The van der Waals surface area contributed by atoms with Gasteiger partial charge in [0.25, 0.3) is 0 Å². The van der Waals surface area contributed by atoms with Crippen molar-refractivity contribution < 1.29 is 4.74 Å². The second-order valence-corrected chi connectivity index (χ2v) is 6.48. The highest BCUT2D eigenvalue weighted by atomic mass is 32.1. The van der Waals surface area contributed by atoms with E-state index in [1.165, 1.54) is 0 Å². The lowest BCUT2D eigenvalue weighted by Crippen LogP contribution is -2.47. The fourth-order valence-electron chi connectivity index (χ4n) is 2.33. The fourth-order valence-corrected chi connectivity index (χ4v) is 3.19. The molecule has 5 nitrogen and oxygen atoms in total. The number of hydrogen-bond acceptors (Lipinski definition) is 5. The van der Waals surface area contributed by atoms with E-state index >= 15 is 0 Å². The molecular formula is C13H18N4OS2. The van der Waals surface area contributed by atoms with Crippen molar-refractivity contribution in [1.29, 1.82) is 0 Å². The molecular weight excluding hydrogens is 292 g/mol. The fraction of sp³-hybridized carbons (Fsp3) is 0.538. The van der Waals surface area contributed by atoms with Crippen molar-refractivity contribution in [2.45, 2.75) is 32.7 Å². The number of aromatic amines is 1. The van der Waals surface area contributed by atoms with Crippen LogP contribution in [0.3, 0.4) is 0 Å². The van der Waals surface area contributed by atoms with Crippen LogP contribution in [0, 0.1) is 4.77 Å². The van der Waals surface area contributed by atoms with Crippen LogP contribution in [-0.2, 0) is 11.4 Å². The number of rotatable bonds is 3. The Balaban J connectivity index is 1.79. The summed E-state index contributed by atoms with van der Waals surface area (Å²) in [5.41, 5.74) is 0. The summed E-state index contributed by atoms with van der Waals surface area (Å²) >= 11 is 7.01. The van der Waals surface area contributed by atoms with E-state index in [2.05, 4.69) is 28.8 Å². The van der Waals surface area contributed by atoms with Gasteiger partial charge in [-0.2, -0.15) is 4.98 Å². The van der Waals surface area contributed by atoms with Gasteiger partial charge in [-0.25, -0.2) is 4.68 Å². The highest BCUT2D eigenvalue weighted by Gasteiger charge is 2.24. The summed E-state index contributed by atoms with van der Waals surface area (Å²) in [6.07, 6.45) is 0.264. The standard InChI is InChI=1S/C13H18N4OS2/c1-9-7-18-10(2)6-16(9)8-17-13(19)14-12(15-17)11-4-3-5-20-11/h3-5,9-10H,6-8H2,1-2H3,(H,14,15,19)/t9-,10+/m1/s1. The van der Waals surface area contributed by atoms with Crippen LogP contribution >= 0.6 is 23.6 Å². The molecule has 1 N–H and O–H groups in total. The highest BCUT2D eigenvalue weighted by Crippen LogP contribution is 2.21. The Morgan fingerprint density at radius 2 is 2.40 bits per heavy atom. The Hall–Kier alpha value is -1.02. The zero-order chi connectivity index (χ0) is 14.1. The number of aromatic nitrogens is 3. The largest absolute Gasteiger partial charge is 0.376 e. The third-order valence-corrected chi connectivity index (χ3v) is 4.68. The predicted molar refractivity (Wildman–Crippen MR) is 82.3 cm³/mol. The Kier molecular flexibility index (Phi) is 4.02. The molecule has 0 spiro atoms. The van der Waals surface area contributed by atoms with Crippen molar-refractivity contribution in [1.82, 2.24) is 19.7 Å². The second-order valence-electron chi connectivity index (χ2n) is 5.17. The molecule has 3 heterocycles. The number of nitrogens with zero attached hydrogens (tertiary/aromatic N) is 3. The molecule has 2 aromatic heterocycles. The molecule has 0 bridgehead atoms. The van der Waals surface area contributed by atoms with Gasteiger partial charge < -0.3 is 4.74 Å². The summed E-state index contributed by atoms with van der Waals surface area (Å²) < 4.78 is 8.18. The van der Waals surface area contributed by atoms with E-state index in [-0.39, 0.29) is 6.10 Å². The van der Waals surface area contributed by atoms with Crippen LogP contribution in [0.2, 0.25) is 0 Å². The second kappa shape index (κ2) is 5.77. The molecule has 3 rings (SSSR count). The monoisotopic (exact) mass is 310 g/mol. The lowest BCUT2D eigenvalue weighted by atomic mass is 10.2. The molecule has 20 heavy (non-hydrogen) atoms. The maximum atomic E-state index is 5.65. The number of H-pyrrole nitrogens is 1. The first-order chi connectivity index (χ1) is 9.63. The van der Waals surface area contributed by atoms with Crippen molar-refractivity contribution in [3.8, 4) is 10.7 Å². The molecule has 108 valence electrons. The summed E-state index contributed by atoms with van der Waals surface area (Å²) in [5, 5.41) is 5.33. The van der Waals surface area contributed by atoms with Gasteiger partial charge in [0.05, 0.1) is 24.3 Å². The number of nitrogens with one attached hydrogen (secondary N) is 1. The van der Waals surface area contributed by atoms with E-state index in [0.717, 1.165) is 30.5 Å². The molecule has 1 aliphatic rings. The molecule has 0 aliphatic carbocycles. The molecule has 0 unspecified atom stereocenters. The van der Waals surface area contributed by atoms with E-state index in [1.807, 2.05) is 22.2 Å². The molecule has 0 saturated carbocycles. The van der Waals surface area contributed by atoms with Crippen LogP contribution in [0.15, 0.2) is 17.5 Å². The first-order valence-electron chi connectivity index (χ1n) is 6.70. The molecule has 0 radical (unpaired) electrons. The van der Waals surface area contributed by atoms with Crippen molar-refractivity contribution >= 4 is 23.6 Å². The number of hydrogen-bond donors (Lipinski definition) is 1. The first-order valence-corrected chi connectivity index (χ1v) is 7.98. The van der Waals surface area contributed by atoms with E-state index < -0.39 is 0 Å². The van der Waals surface area contributed by atoms with Crippen LogP contribution in [-0.4, -0.2) is 45.0 Å². The van der Waals surface area contributed by atoms with Gasteiger partial charge in [-0.1, -0.05) is 6.07 Å². The Morgan fingerprint density at radius 1 is 1.55 bits per heavy atom. The summed E-state index contributed by atoms with van der Waals surface area (Å²) in [7, 11) is 0. The molecule has 1 fully saturated rings. The highest BCUT2D eigenvalue weighted by molar-refractivity contribution is 7.71. The smallest absolute Gasteiger partial charge is 0.217 e. The van der Waals surface area contributed by atoms with Gasteiger partial charge in [0.2, 0.25) is 4.77 Å². The van der Waals surface area contributed by atoms with Crippen molar-refractivity contribution in [3.05, 3.63) is 22.3 Å². The van der Waals surface area contributed by atoms with Gasteiger partial charge in [-0.3, -0.25) is 10.00 Å². The Labute approximate surface area is 127 Å². The van der Waals surface area contributed by atoms with Crippen LogP contribution in [0.1, 0.15) is 13.8 Å². The summed E-state index contributed by atoms with van der Waals surface area (Å²) in [6.45, 7) is 6.68. The normalized spacial score (nSPS) is 24.1. The maximum Gasteiger partial charge on any atom is 0.217 e. The summed E-state index contributed by atoms with van der Waals surface area (Å²) in [6, 6.07) is 4.45. The molecule has 2 aromatic rings. The number of morpholine rings is 1. The average molecular weight is 310 g/mol. The molecule has 0 aromatic carbocycles. The minimum absolute atomic E-state index is 0.264. The van der Waals surface area contributed by atoms with Gasteiger partial charge in [-0.15, -0.1) is 11.3 Å².